The number of fused-ring (bicyclic) bond motifs is 1. The molecule has 4 aromatic carbocycles. The fourth-order valence-corrected chi connectivity index (χ4v) is 5.49. The van der Waals surface area contributed by atoms with E-state index in [0.29, 0.717) is 25.1 Å². The molecule has 1 heterocycles. The van der Waals surface area contributed by atoms with Gasteiger partial charge in [0.2, 0.25) is 0 Å². The predicted octanol–water partition coefficient (Wildman–Crippen LogP) is 8.05. The first-order chi connectivity index (χ1) is 20.0. The van der Waals surface area contributed by atoms with Crippen molar-refractivity contribution < 1.29 is 38.4 Å². The van der Waals surface area contributed by atoms with E-state index >= 15 is 0 Å². The van der Waals surface area contributed by atoms with E-state index in [1.165, 1.54) is 5.56 Å². The van der Waals surface area contributed by atoms with Crippen LogP contribution in [0.3, 0.4) is 0 Å². The first-order valence-electron chi connectivity index (χ1n) is 13.8. The average molecular weight is 715 g/mol. The summed E-state index contributed by atoms with van der Waals surface area (Å²) in [6, 6.07) is 32.4. The number of carbonyl (C=O) groups excluding carboxylic acids is 2. The molecule has 6 nitrogen and oxygen atoms in total. The fourth-order valence-electron chi connectivity index (χ4n) is 4.72. The SMILES string of the molecule is O=C1CCc2ccc([N-]C(=O)O[C](=[W])CCCCc3cccc(-c4cccc(OCc5ccccc5)c4)c3)cc2N1. The van der Waals surface area contributed by atoms with Gasteiger partial charge in [-0.2, -0.15) is 0 Å². The topological polar surface area (TPSA) is 78.7 Å². The number of carbonyl (C=O) groups is 2. The second kappa shape index (κ2) is 14.0. The summed E-state index contributed by atoms with van der Waals surface area (Å²) in [5.41, 5.74) is 6.95. The molecular formula is C34H31N2O4W-. The molecule has 0 bridgehead atoms. The number of unbranched alkanes of at least 4 members (excludes halogenated alkanes) is 1. The Bertz CT molecular complexity index is 1540. The van der Waals surface area contributed by atoms with Gasteiger partial charge in [-0.3, -0.25) is 0 Å². The Hall–Kier alpha value is -4.02. The van der Waals surface area contributed by atoms with Crippen molar-refractivity contribution in [3.63, 3.8) is 0 Å². The molecule has 0 atom stereocenters. The van der Waals surface area contributed by atoms with Crippen LogP contribution in [0.15, 0.2) is 97.1 Å². The van der Waals surface area contributed by atoms with Crippen molar-refractivity contribution in [3.8, 4) is 16.9 Å². The van der Waals surface area contributed by atoms with Crippen LogP contribution in [-0.4, -0.2) is 16.1 Å². The number of nitrogens with zero attached hydrogens (tertiary/aromatic N) is 1. The number of aryl methyl sites for hydroxylation is 2. The number of hydrogen-bond donors (Lipinski definition) is 1. The van der Waals surface area contributed by atoms with Crippen LogP contribution in [0.1, 0.15) is 42.4 Å². The maximum absolute atomic E-state index is 12.3. The van der Waals surface area contributed by atoms with E-state index in [4.69, 9.17) is 9.47 Å². The van der Waals surface area contributed by atoms with E-state index in [-0.39, 0.29) is 5.91 Å². The summed E-state index contributed by atoms with van der Waals surface area (Å²) in [6.07, 6.45) is 4.12. The molecule has 1 aliphatic heterocycles. The van der Waals surface area contributed by atoms with Crippen LogP contribution >= 0.6 is 0 Å². The van der Waals surface area contributed by atoms with E-state index in [1.54, 1.807) is 12.1 Å². The van der Waals surface area contributed by atoms with Crippen LogP contribution in [-0.2, 0) is 48.3 Å². The molecule has 41 heavy (non-hydrogen) atoms. The Balaban J connectivity index is 1.06. The van der Waals surface area contributed by atoms with Gasteiger partial charge in [0.1, 0.15) is 6.61 Å². The van der Waals surface area contributed by atoms with E-state index in [1.807, 2.05) is 36.4 Å². The van der Waals surface area contributed by atoms with Gasteiger partial charge in [-0.25, -0.2) is 0 Å². The molecule has 2 amide bonds. The summed E-state index contributed by atoms with van der Waals surface area (Å²) in [4.78, 5) is 24.0. The number of rotatable bonds is 11. The number of anilines is 1. The minimum absolute atomic E-state index is 0.0185. The number of nitrogens with one attached hydrogen (secondary N) is 1. The summed E-state index contributed by atoms with van der Waals surface area (Å²) >= 11 is 1.12. The van der Waals surface area contributed by atoms with Crippen LogP contribution in [0.25, 0.3) is 16.4 Å². The van der Waals surface area contributed by atoms with Gasteiger partial charge in [0, 0.05) is 0 Å². The van der Waals surface area contributed by atoms with Crippen molar-refractivity contribution in [1.82, 2.24) is 0 Å². The van der Waals surface area contributed by atoms with Crippen LogP contribution in [0.5, 0.6) is 5.75 Å². The molecule has 0 aromatic heterocycles. The van der Waals surface area contributed by atoms with Crippen LogP contribution in [0, 0.1) is 0 Å². The van der Waals surface area contributed by atoms with Gasteiger partial charge in [-0.1, -0.05) is 30.3 Å². The molecule has 0 spiro atoms. The number of ether oxygens (including phenoxy) is 2. The van der Waals surface area contributed by atoms with Gasteiger partial charge < -0.3 is 0 Å². The molecule has 0 radical (unpaired) electrons. The molecule has 4 aromatic rings. The van der Waals surface area contributed by atoms with Gasteiger partial charge in [0.05, 0.1) is 0 Å². The second-order valence-corrected chi connectivity index (χ2v) is 11.6. The molecule has 1 N–H and O–H groups in total. The Morgan fingerprint density at radius 2 is 1.61 bits per heavy atom. The molecule has 0 aliphatic carbocycles. The summed E-state index contributed by atoms with van der Waals surface area (Å²) in [7, 11) is 0. The normalized spacial score (nSPS) is 12.1. The zero-order valence-corrected chi connectivity index (χ0v) is 25.6. The minimum atomic E-state index is -0.625. The summed E-state index contributed by atoms with van der Waals surface area (Å²) in [5, 5.41) is 6.88. The van der Waals surface area contributed by atoms with Gasteiger partial charge in [0.15, 0.2) is 0 Å². The third kappa shape index (κ3) is 8.48. The standard InChI is InChI=1S/C34H32N2O4.W/c37-33-19-17-27-16-18-30(23-32(27)36-33)35-34(38)39-20-6-2-5-9-25-12-7-13-28(21-25)29-14-8-15-31(22-29)40-24-26-10-3-1-4-11-26;/h1,3-4,7-8,10-16,18,21-23H,2,5-6,9,17,19,24H2,(H2,35,36,37,38);/p-1. The predicted molar refractivity (Wildman–Crippen MR) is 158 cm³/mol. The van der Waals surface area contributed by atoms with Gasteiger partial charge in [-0.05, 0) is 5.56 Å². The molecule has 208 valence electrons. The molecule has 7 heteroatoms. The van der Waals surface area contributed by atoms with E-state index < -0.39 is 6.09 Å². The van der Waals surface area contributed by atoms with Crippen molar-refractivity contribution in [2.24, 2.45) is 0 Å². The zero-order chi connectivity index (χ0) is 28.4. The second-order valence-electron chi connectivity index (χ2n) is 9.95. The van der Waals surface area contributed by atoms with E-state index in [2.05, 4.69) is 59.2 Å². The van der Waals surface area contributed by atoms with Gasteiger partial charge in [0.25, 0.3) is 0 Å². The summed E-state index contributed by atoms with van der Waals surface area (Å²) in [5.74, 6) is 0.833. The van der Waals surface area contributed by atoms with E-state index in [9.17, 15) is 9.59 Å². The molecule has 1 aliphatic rings. The zero-order valence-electron chi connectivity index (χ0n) is 22.7. The number of benzene rings is 4. The molecule has 0 saturated heterocycles. The molecule has 0 saturated carbocycles. The molecule has 5 rings (SSSR count). The summed E-state index contributed by atoms with van der Waals surface area (Å²) < 4.78 is 12.2. The first-order valence-corrected chi connectivity index (χ1v) is 15.2. The van der Waals surface area contributed by atoms with Crippen molar-refractivity contribution in [1.29, 1.82) is 0 Å². The molecule has 0 unspecified atom stereocenters. The van der Waals surface area contributed by atoms with Crippen LogP contribution in [0.2, 0.25) is 0 Å². The van der Waals surface area contributed by atoms with E-state index in [0.717, 1.165) is 82.8 Å². The Morgan fingerprint density at radius 1 is 0.829 bits per heavy atom. The Kier molecular flexibility index (Phi) is 9.77. The Morgan fingerprint density at radius 3 is 2.46 bits per heavy atom. The van der Waals surface area contributed by atoms with Crippen molar-refractivity contribution in [2.45, 2.75) is 45.1 Å². The van der Waals surface area contributed by atoms with Crippen LogP contribution < -0.4 is 10.1 Å². The first kappa shape index (κ1) is 28.5. The van der Waals surface area contributed by atoms with Crippen LogP contribution in [0.4, 0.5) is 16.2 Å². The monoisotopic (exact) mass is 715 g/mol. The summed E-state index contributed by atoms with van der Waals surface area (Å²) in [6.45, 7) is 0.541. The third-order valence-corrected chi connectivity index (χ3v) is 7.88. The van der Waals surface area contributed by atoms with Crippen molar-refractivity contribution in [3.05, 3.63) is 119 Å². The third-order valence-electron chi connectivity index (χ3n) is 6.85. The van der Waals surface area contributed by atoms with Gasteiger partial charge in [-0.15, -0.1) is 0 Å². The quantitative estimate of drug-likeness (QED) is 0.160. The van der Waals surface area contributed by atoms with Gasteiger partial charge >= 0.3 is 210 Å². The molecular weight excluding hydrogens is 684 g/mol. The number of amides is 2. The van der Waals surface area contributed by atoms with Crippen molar-refractivity contribution in [2.75, 3.05) is 5.32 Å². The average Bonchev–Trinajstić information content (AvgIpc) is 2.99. The maximum atomic E-state index is 12.3. The van der Waals surface area contributed by atoms with Crippen molar-refractivity contribution >= 4 is 27.5 Å². The number of hydrogen-bond acceptors (Lipinski definition) is 4. The molecule has 0 fully saturated rings. The fraction of sp³-hybridized carbons (Fsp3) is 0.206. The Labute approximate surface area is 251 Å².